The van der Waals surface area contributed by atoms with Crippen LogP contribution in [0.4, 0.5) is 0 Å². The Hall–Kier alpha value is -1.36. The van der Waals surface area contributed by atoms with Crippen molar-refractivity contribution in [3.8, 4) is 0 Å². The van der Waals surface area contributed by atoms with E-state index in [1.54, 1.807) is 19.5 Å². The Bertz CT molecular complexity index is 334. The average molecular weight is 223 g/mol. The number of rotatable bonds is 4. The van der Waals surface area contributed by atoms with Crippen LogP contribution in [0.1, 0.15) is 12.8 Å². The second-order valence-electron chi connectivity index (χ2n) is 4.03. The molecule has 1 fully saturated rings. The van der Waals surface area contributed by atoms with Gasteiger partial charge in [0.2, 0.25) is 5.91 Å². The highest BCUT2D eigenvalue weighted by molar-refractivity contribution is 5.95. The summed E-state index contributed by atoms with van der Waals surface area (Å²) in [5, 5.41) is 5.68. The van der Waals surface area contributed by atoms with Crippen LogP contribution in [0.15, 0.2) is 16.9 Å². The summed E-state index contributed by atoms with van der Waals surface area (Å²) in [6.07, 6.45) is 5.62. The summed E-state index contributed by atoms with van der Waals surface area (Å²) in [4.78, 5) is 15.8. The summed E-state index contributed by atoms with van der Waals surface area (Å²) in [6, 6.07) is 0. The first kappa shape index (κ1) is 11.1. The van der Waals surface area contributed by atoms with Crippen molar-refractivity contribution >= 4 is 12.1 Å². The van der Waals surface area contributed by atoms with E-state index in [-0.39, 0.29) is 17.9 Å². The minimum atomic E-state index is -0.335. The molecule has 5 nitrogen and oxygen atoms in total. The first-order valence-electron chi connectivity index (χ1n) is 5.54. The Labute approximate surface area is 95.0 Å². The third kappa shape index (κ3) is 2.24. The van der Waals surface area contributed by atoms with E-state index in [0.29, 0.717) is 6.10 Å². The van der Waals surface area contributed by atoms with Crippen molar-refractivity contribution in [2.45, 2.75) is 25.0 Å². The molecule has 0 spiro atoms. The minimum Gasteiger partial charge on any atom is -0.388 e. The van der Waals surface area contributed by atoms with Crippen LogP contribution in [0, 0.1) is 5.92 Å². The predicted molar refractivity (Wildman–Crippen MR) is 61.1 cm³/mol. The van der Waals surface area contributed by atoms with Crippen molar-refractivity contribution in [2.75, 3.05) is 14.1 Å². The van der Waals surface area contributed by atoms with E-state index in [2.05, 4.69) is 15.6 Å². The molecule has 0 aromatic heterocycles. The van der Waals surface area contributed by atoms with E-state index in [9.17, 15) is 4.79 Å². The van der Waals surface area contributed by atoms with Gasteiger partial charge in [-0.2, -0.15) is 0 Å². The zero-order chi connectivity index (χ0) is 11.5. The van der Waals surface area contributed by atoms with Crippen LogP contribution in [0.25, 0.3) is 0 Å². The van der Waals surface area contributed by atoms with Crippen molar-refractivity contribution < 1.29 is 9.53 Å². The van der Waals surface area contributed by atoms with Crippen molar-refractivity contribution in [1.29, 1.82) is 0 Å². The Morgan fingerprint density at radius 3 is 2.81 bits per heavy atom. The maximum atomic E-state index is 11.7. The number of ether oxygens (including phenoxy) is 1. The number of carbonyl (C=O) groups is 1. The molecule has 0 radical (unpaired) electrons. The Kier molecular flexibility index (Phi) is 3.24. The molecule has 0 aromatic rings. The lowest BCUT2D eigenvalue weighted by atomic mass is 9.98. The summed E-state index contributed by atoms with van der Waals surface area (Å²) in [6.45, 7) is 0. The van der Waals surface area contributed by atoms with Gasteiger partial charge in [-0.1, -0.05) is 0 Å². The van der Waals surface area contributed by atoms with E-state index in [0.717, 1.165) is 18.5 Å². The van der Waals surface area contributed by atoms with Gasteiger partial charge in [0.1, 0.15) is 12.0 Å². The van der Waals surface area contributed by atoms with Gasteiger partial charge in [-0.25, -0.2) is 0 Å². The van der Waals surface area contributed by atoms with E-state index >= 15 is 0 Å². The third-order valence-corrected chi connectivity index (χ3v) is 2.79. The van der Waals surface area contributed by atoms with Crippen molar-refractivity contribution in [3.05, 3.63) is 11.9 Å². The van der Waals surface area contributed by atoms with Crippen LogP contribution < -0.4 is 10.6 Å². The molecular weight excluding hydrogens is 206 g/mol. The van der Waals surface area contributed by atoms with E-state index < -0.39 is 0 Å². The highest BCUT2D eigenvalue weighted by atomic mass is 16.5. The summed E-state index contributed by atoms with van der Waals surface area (Å²) >= 11 is 0. The van der Waals surface area contributed by atoms with Crippen LogP contribution in [0.3, 0.4) is 0 Å². The predicted octanol–water partition coefficient (Wildman–Crippen LogP) is 0.0414. The molecule has 0 bridgehead atoms. The molecule has 88 valence electrons. The molecule has 2 atom stereocenters. The van der Waals surface area contributed by atoms with Gasteiger partial charge in [-0.3, -0.25) is 9.79 Å². The largest absolute Gasteiger partial charge is 0.388 e. The lowest BCUT2D eigenvalue weighted by Gasteiger charge is -2.27. The third-order valence-electron chi connectivity index (χ3n) is 2.79. The van der Waals surface area contributed by atoms with Gasteiger partial charge in [-0.05, 0) is 12.8 Å². The van der Waals surface area contributed by atoms with E-state index in [4.69, 9.17) is 4.74 Å². The molecule has 1 saturated carbocycles. The maximum absolute atomic E-state index is 11.7. The highest BCUT2D eigenvalue weighted by Gasteiger charge is 2.36. The zero-order valence-electron chi connectivity index (χ0n) is 9.56. The molecule has 0 aromatic carbocycles. The molecule has 2 rings (SSSR count). The molecule has 1 heterocycles. The number of nitrogens with zero attached hydrogens (tertiary/aromatic N) is 1. The SMILES string of the molecule is CNC(=O)C1C=NC=C(NC)C1OC1CC1. The number of carbonyl (C=O) groups excluding carboxylic acids is 1. The second kappa shape index (κ2) is 4.65. The molecule has 2 N–H and O–H groups in total. The standard InChI is InChI=1S/C11H17N3O2/c1-12-9-6-14-5-8(11(15)13-2)10(9)16-7-3-4-7/h5-8,10,12H,3-4H2,1-2H3,(H,13,15). The number of aliphatic imine (C=N–C) groups is 1. The minimum absolute atomic E-state index is 0.0600. The van der Waals surface area contributed by atoms with Crippen LogP contribution in [0.2, 0.25) is 0 Å². The molecule has 16 heavy (non-hydrogen) atoms. The smallest absolute Gasteiger partial charge is 0.231 e. The quantitative estimate of drug-likeness (QED) is 0.707. The van der Waals surface area contributed by atoms with Crippen molar-refractivity contribution in [2.24, 2.45) is 10.9 Å². The molecular formula is C11H17N3O2. The van der Waals surface area contributed by atoms with Gasteiger partial charge >= 0.3 is 0 Å². The molecule has 1 amide bonds. The van der Waals surface area contributed by atoms with Gasteiger partial charge in [-0.15, -0.1) is 0 Å². The fourth-order valence-electron chi connectivity index (χ4n) is 1.71. The summed E-state index contributed by atoms with van der Waals surface area (Å²) < 4.78 is 5.86. The van der Waals surface area contributed by atoms with Gasteiger partial charge < -0.3 is 15.4 Å². The summed E-state index contributed by atoms with van der Waals surface area (Å²) in [5.74, 6) is -0.395. The van der Waals surface area contributed by atoms with Crippen molar-refractivity contribution in [1.82, 2.24) is 10.6 Å². The fourth-order valence-corrected chi connectivity index (χ4v) is 1.71. The molecule has 2 unspecified atom stereocenters. The Morgan fingerprint density at radius 2 is 2.25 bits per heavy atom. The lowest BCUT2D eigenvalue weighted by Crippen LogP contribution is -2.43. The Balaban J connectivity index is 2.12. The number of amides is 1. The van der Waals surface area contributed by atoms with Crippen LogP contribution in [-0.4, -0.2) is 38.4 Å². The molecule has 0 saturated heterocycles. The Morgan fingerprint density at radius 1 is 1.50 bits per heavy atom. The highest BCUT2D eigenvalue weighted by Crippen LogP contribution is 2.30. The van der Waals surface area contributed by atoms with Gasteiger partial charge in [0.15, 0.2) is 0 Å². The van der Waals surface area contributed by atoms with Crippen molar-refractivity contribution in [3.63, 3.8) is 0 Å². The van der Waals surface area contributed by atoms with Gasteiger partial charge in [0.25, 0.3) is 0 Å². The van der Waals surface area contributed by atoms with Crippen LogP contribution in [0.5, 0.6) is 0 Å². The molecule has 5 heteroatoms. The lowest BCUT2D eigenvalue weighted by molar-refractivity contribution is -0.126. The number of hydrogen-bond donors (Lipinski definition) is 2. The molecule has 1 aliphatic carbocycles. The summed E-state index contributed by atoms with van der Waals surface area (Å²) in [7, 11) is 3.44. The second-order valence-corrected chi connectivity index (χ2v) is 4.03. The zero-order valence-corrected chi connectivity index (χ0v) is 9.56. The van der Waals surface area contributed by atoms with E-state index in [1.165, 1.54) is 0 Å². The first-order valence-corrected chi connectivity index (χ1v) is 5.54. The van der Waals surface area contributed by atoms with Gasteiger partial charge in [0.05, 0.1) is 11.8 Å². The van der Waals surface area contributed by atoms with E-state index in [1.807, 2.05) is 7.05 Å². The topological polar surface area (TPSA) is 62.7 Å². The number of nitrogens with one attached hydrogen (secondary N) is 2. The normalized spacial score (nSPS) is 28.5. The monoisotopic (exact) mass is 223 g/mol. The van der Waals surface area contributed by atoms with Crippen LogP contribution in [-0.2, 0) is 9.53 Å². The number of hydrogen-bond acceptors (Lipinski definition) is 4. The summed E-state index contributed by atoms with van der Waals surface area (Å²) in [5.41, 5.74) is 0.864. The fraction of sp³-hybridized carbons (Fsp3) is 0.636. The first-order chi connectivity index (χ1) is 7.76. The van der Waals surface area contributed by atoms with Crippen LogP contribution >= 0.6 is 0 Å². The maximum Gasteiger partial charge on any atom is 0.231 e. The average Bonchev–Trinajstić information content (AvgIpc) is 3.12. The van der Waals surface area contributed by atoms with Gasteiger partial charge in [0, 0.05) is 26.5 Å². The number of likely N-dealkylation sites (N-methyl/N-ethyl adjacent to an activating group) is 1. The molecule has 2 aliphatic rings. The molecule has 1 aliphatic heterocycles.